The predicted octanol–water partition coefficient (Wildman–Crippen LogP) is 4.96. The average Bonchev–Trinajstić information content (AvgIpc) is 2.90. The number of rotatable bonds is 3. The van der Waals surface area contributed by atoms with Crippen molar-refractivity contribution in [3.8, 4) is 28.3 Å². The van der Waals surface area contributed by atoms with Crippen LogP contribution in [0.2, 0.25) is 5.02 Å². The quantitative estimate of drug-likeness (QED) is 0.693. The zero-order valence-electron chi connectivity index (χ0n) is 11.2. The largest absolute Gasteiger partial charge is 0.497 e. The average molecular weight is 318 g/mol. The summed E-state index contributed by atoms with van der Waals surface area (Å²) >= 11 is 10.1. The van der Waals surface area contributed by atoms with Crippen LogP contribution < -0.4 is 4.74 Å². The molecule has 2 aromatic carbocycles. The number of benzene rings is 2. The van der Waals surface area contributed by atoms with E-state index < -0.39 is 0 Å². The first-order valence-corrected chi connectivity index (χ1v) is 7.10. The van der Waals surface area contributed by atoms with Gasteiger partial charge in [-0.1, -0.05) is 24.2 Å². The predicted molar refractivity (Wildman–Crippen MR) is 86.2 cm³/mol. The first-order valence-electron chi connectivity index (χ1n) is 6.27. The maximum atomic E-state index is 5.92. The van der Waals surface area contributed by atoms with Gasteiger partial charge < -0.3 is 9.15 Å². The molecule has 0 aliphatic heterocycles. The van der Waals surface area contributed by atoms with Gasteiger partial charge in [-0.25, -0.2) is 4.98 Å². The summed E-state index contributed by atoms with van der Waals surface area (Å²) in [6.45, 7) is 0. The standard InChI is InChI=1S/C16H12ClNO2S/c1-19-13-8-4-10(5-9-13)14-15(20-16(21)18-14)11-2-6-12(17)7-3-11/h2-9H,1H3,(H,18,21). The maximum Gasteiger partial charge on any atom is 0.253 e. The van der Waals surface area contributed by atoms with Crippen molar-refractivity contribution in [3.63, 3.8) is 0 Å². The van der Waals surface area contributed by atoms with Gasteiger partial charge in [0.05, 0.1) is 7.11 Å². The highest BCUT2D eigenvalue weighted by Gasteiger charge is 2.15. The van der Waals surface area contributed by atoms with E-state index in [1.165, 1.54) is 0 Å². The second-order valence-corrected chi connectivity index (χ2v) is 5.23. The zero-order valence-corrected chi connectivity index (χ0v) is 12.9. The van der Waals surface area contributed by atoms with E-state index >= 15 is 0 Å². The zero-order chi connectivity index (χ0) is 14.8. The number of ether oxygens (including phenoxy) is 1. The van der Waals surface area contributed by atoms with Crippen molar-refractivity contribution in [3.05, 3.63) is 53.6 Å². The Bertz CT molecular complexity index is 751. The van der Waals surface area contributed by atoms with Crippen molar-refractivity contribution < 1.29 is 9.15 Å². The fourth-order valence-corrected chi connectivity index (χ4v) is 2.37. The minimum atomic E-state index is 0.325. The highest BCUT2D eigenvalue weighted by molar-refractivity contribution is 7.80. The summed E-state index contributed by atoms with van der Waals surface area (Å²) in [5.74, 6) is 1.46. The summed E-state index contributed by atoms with van der Waals surface area (Å²) in [7, 11) is 1.63. The topological polar surface area (TPSA) is 35.3 Å². The third-order valence-electron chi connectivity index (χ3n) is 3.09. The molecule has 0 saturated carbocycles. The van der Waals surface area contributed by atoms with Crippen LogP contribution in [0, 0.1) is 0 Å². The molecule has 0 radical (unpaired) electrons. The molecular formula is C16H12ClNO2S. The van der Waals surface area contributed by atoms with Gasteiger partial charge in [-0.3, -0.25) is 0 Å². The van der Waals surface area contributed by atoms with Gasteiger partial charge in [0.15, 0.2) is 5.76 Å². The van der Waals surface area contributed by atoms with E-state index in [2.05, 4.69) is 17.6 Å². The molecule has 0 N–H and O–H groups in total. The van der Waals surface area contributed by atoms with Crippen molar-refractivity contribution >= 4 is 24.2 Å². The molecule has 0 fully saturated rings. The fourth-order valence-electron chi connectivity index (χ4n) is 2.05. The van der Waals surface area contributed by atoms with Gasteiger partial charge in [0.25, 0.3) is 5.22 Å². The van der Waals surface area contributed by atoms with Crippen LogP contribution in [0.4, 0.5) is 0 Å². The van der Waals surface area contributed by atoms with Gasteiger partial charge in [0.2, 0.25) is 0 Å². The number of nitrogens with zero attached hydrogens (tertiary/aromatic N) is 1. The normalized spacial score (nSPS) is 10.6. The van der Waals surface area contributed by atoms with Gasteiger partial charge >= 0.3 is 0 Å². The monoisotopic (exact) mass is 317 g/mol. The summed E-state index contributed by atoms with van der Waals surface area (Å²) < 4.78 is 10.8. The van der Waals surface area contributed by atoms with Crippen LogP contribution in [0.5, 0.6) is 5.75 Å². The molecule has 0 spiro atoms. The Morgan fingerprint density at radius 2 is 1.62 bits per heavy atom. The number of thiol groups is 1. The van der Waals surface area contributed by atoms with Crippen molar-refractivity contribution in [2.24, 2.45) is 0 Å². The first kappa shape index (κ1) is 14.0. The van der Waals surface area contributed by atoms with Gasteiger partial charge in [-0.05, 0) is 48.5 Å². The van der Waals surface area contributed by atoms with E-state index in [-0.39, 0.29) is 0 Å². The molecule has 106 valence electrons. The Balaban J connectivity index is 2.08. The molecule has 0 amide bonds. The molecule has 0 aliphatic rings. The second kappa shape index (κ2) is 5.84. The van der Waals surface area contributed by atoms with Crippen molar-refractivity contribution in [2.45, 2.75) is 5.22 Å². The van der Waals surface area contributed by atoms with Gasteiger partial charge in [0, 0.05) is 16.1 Å². The number of oxazole rings is 1. The summed E-state index contributed by atoms with van der Waals surface area (Å²) in [5.41, 5.74) is 2.58. The molecule has 0 bridgehead atoms. The maximum absolute atomic E-state index is 5.92. The first-order chi connectivity index (χ1) is 10.2. The van der Waals surface area contributed by atoms with Crippen LogP contribution in [-0.4, -0.2) is 12.1 Å². The van der Waals surface area contributed by atoms with Crippen LogP contribution in [0.1, 0.15) is 0 Å². The molecule has 0 aliphatic carbocycles. The Kier molecular flexibility index (Phi) is 3.90. The number of halogens is 1. The van der Waals surface area contributed by atoms with Crippen molar-refractivity contribution in [1.82, 2.24) is 4.98 Å². The molecule has 0 saturated heterocycles. The Hall–Kier alpha value is -1.91. The van der Waals surface area contributed by atoms with E-state index in [4.69, 9.17) is 20.8 Å². The Morgan fingerprint density at radius 1 is 1.00 bits per heavy atom. The van der Waals surface area contributed by atoms with Crippen molar-refractivity contribution in [1.29, 1.82) is 0 Å². The third kappa shape index (κ3) is 2.91. The van der Waals surface area contributed by atoms with Crippen LogP contribution in [-0.2, 0) is 0 Å². The molecule has 3 nitrogen and oxygen atoms in total. The van der Waals surface area contributed by atoms with Crippen LogP contribution >= 0.6 is 24.2 Å². The van der Waals surface area contributed by atoms with Gasteiger partial charge in [-0.2, -0.15) is 0 Å². The molecule has 5 heteroatoms. The minimum absolute atomic E-state index is 0.325. The third-order valence-corrected chi connectivity index (χ3v) is 3.53. The summed E-state index contributed by atoms with van der Waals surface area (Å²) in [6, 6.07) is 15.0. The smallest absolute Gasteiger partial charge is 0.253 e. The molecule has 0 unspecified atom stereocenters. The molecule has 21 heavy (non-hydrogen) atoms. The van der Waals surface area contributed by atoms with E-state index in [0.29, 0.717) is 16.0 Å². The van der Waals surface area contributed by atoms with Gasteiger partial charge in [0.1, 0.15) is 11.4 Å². The van der Waals surface area contributed by atoms with E-state index in [0.717, 1.165) is 22.6 Å². The lowest BCUT2D eigenvalue weighted by Crippen LogP contribution is -1.85. The number of hydrogen-bond acceptors (Lipinski definition) is 4. The molecule has 3 aromatic rings. The van der Waals surface area contributed by atoms with Crippen LogP contribution in [0.15, 0.2) is 58.2 Å². The molecular weight excluding hydrogens is 306 g/mol. The minimum Gasteiger partial charge on any atom is -0.497 e. The lowest BCUT2D eigenvalue weighted by molar-refractivity contribution is 0.415. The summed E-state index contributed by atoms with van der Waals surface area (Å²) in [5, 5.41) is 1.00. The van der Waals surface area contributed by atoms with Crippen LogP contribution in [0.25, 0.3) is 22.6 Å². The lowest BCUT2D eigenvalue weighted by Gasteiger charge is -2.03. The SMILES string of the molecule is COc1ccc(-c2nc(S)oc2-c2ccc(Cl)cc2)cc1. The summed E-state index contributed by atoms with van der Waals surface area (Å²) in [4.78, 5) is 4.36. The van der Waals surface area contributed by atoms with E-state index in [1.54, 1.807) is 7.11 Å². The highest BCUT2D eigenvalue weighted by atomic mass is 35.5. The lowest BCUT2D eigenvalue weighted by atomic mass is 10.1. The number of methoxy groups -OCH3 is 1. The Labute approximate surface area is 132 Å². The van der Waals surface area contributed by atoms with Gasteiger partial charge in [-0.15, -0.1) is 0 Å². The Morgan fingerprint density at radius 3 is 2.24 bits per heavy atom. The van der Waals surface area contributed by atoms with E-state index in [9.17, 15) is 0 Å². The van der Waals surface area contributed by atoms with Crippen molar-refractivity contribution in [2.75, 3.05) is 7.11 Å². The number of aromatic nitrogens is 1. The molecule has 3 rings (SSSR count). The highest BCUT2D eigenvalue weighted by Crippen LogP contribution is 2.34. The molecule has 1 aromatic heterocycles. The molecule has 1 heterocycles. The van der Waals surface area contributed by atoms with E-state index in [1.807, 2.05) is 48.5 Å². The summed E-state index contributed by atoms with van der Waals surface area (Å²) in [6.07, 6.45) is 0. The fraction of sp³-hybridized carbons (Fsp3) is 0.0625. The number of hydrogen-bond donors (Lipinski definition) is 1. The molecule has 0 atom stereocenters. The van der Waals surface area contributed by atoms with Crippen LogP contribution in [0.3, 0.4) is 0 Å². The second-order valence-electron chi connectivity index (χ2n) is 4.41.